The number of rotatable bonds is 7. The van der Waals surface area contributed by atoms with Gasteiger partial charge in [-0.3, -0.25) is 4.99 Å². The van der Waals surface area contributed by atoms with Gasteiger partial charge in [-0.2, -0.15) is 0 Å². The first-order valence-electron chi connectivity index (χ1n) is 10.6. The average Bonchev–Trinajstić information content (AvgIpc) is 2.72. The van der Waals surface area contributed by atoms with E-state index in [1.807, 2.05) is 49.9 Å². The van der Waals surface area contributed by atoms with Gasteiger partial charge in [-0.05, 0) is 45.6 Å². The molecule has 1 heterocycles. The Morgan fingerprint density at radius 1 is 1.32 bits per heavy atom. The first kappa shape index (κ1) is 27.1. The lowest BCUT2D eigenvalue weighted by molar-refractivity contribution is 0.0168. The van der Waals surface area contributed by atoms with Crippen molar-refractivity contribution in [2.75, 3.05) is 33.3 Å². The minimum absolute atomic E-state index is 0. The van der Waals surface area contributed by atoms with E-state index < -0.39 is 5.60 Å². The fraction of sp³-hybridized carbons (Fsp3) is 0.565. The van der Waals surface area contributed by atoms with Crippen molar-refractivity contribution in [3.8, 4) is 5.75 Å². The summed E-state index contributed by atoms with van der Waals surface area (Å²) in [5.74, 6) is 1.91. The molecule has 31 heavy (non-hydrogen) atoms. The van der Waals surface area contributed by atoms with Crippen molar-refractivity contribution in [3.63, 3.8) is 0 Å². The van der Waals surface area contributed by atoms with Crippen molar-refractivity contribution in [2.45, 2.75) is 45.8 Å². The molecular formula is C23H37IN4O3. The number of piperidine rings is 1. The number of hydrogen-bond acceptors (Lipinski definition) is 4. The van der Waals surface area contributed by atoms with Crippen LogP contribution in [-0.4, -0.2) is 55.8 Å². The summed E-state index contributed by atoms with van der Waals surface area (Å²) in [7, 11) is 1.75. The topological polar surface area (TPSA) is 75.2 Å². The molecule has 2 N–H and O–H groups in total. The molecule has 7 nitrogen and oxygen atoms in total. The molecular weight excluding hydrogens is 507 g/mol. The van der Waals surface area contributed by atoms with Gasteiger partial charge in [0.2, 0.25) is 0 Å². The second kappa shape index (κ2) is 13.4. The summed E-state index contributed by atoms with van der Waals surface area (Å²) in [4.78, 5) is 18.5. The first-order chi connectivity index (χ1) is 14.3. The summed E-state index contributed by atoms with van der Waals surface area (Å²) in [6.45, 7) is 12.6. The summed E-state index contributed by atoms with van der Waals surface area (Å²) in [5.41, 5.74) is 0.580. The number of likely N-dealkylation sites (tertiary alicyclic amines) is 1. The predicted octanol–water partition coefficient (Wildman–Crippen LogP) is 4.18. The zero-order chi connectivity index (χ0) is 22.0. The monoisotopic (exact) mass is 544 g/mol. The summed E-state index contributed by atoms with van der Waals surface area (Å²) in [6, 6.07) is 7.91. The van der Waals surface area contributed by atoms with Crippen LogP contribution < -0.4 is 15.4 Å². The Morgan fingerprint density at radius 2 is 2.06 bits per heavy atom. The van der Waals surface area contributed by atoms with Gasteiger partial charge < -0.3 is 25.0 Å². The number of benzene rings is 1. The van der Waals surface area contributed by atoms with Gasteiger partial charge in [0.25, 0.3) is 0 Å². The summed E-state index contributed by atoms with van der Waals surface area (Å²) < 4.78 is 11.2. The van der Waals surface area contributed by atoms with Gasteiger partial charge in [-0.1, -0.05) is 30.9 Å². The number of ether oxygens (including phenoxy) is 2. The smallest absolute Gasteiger partial charge is 0.410 e. The third kappa shape index (κ3) is 9.80. The second-order valence-corrected chi connectivity index (χ2v) is 8.45. The first-order valence-corrected chi connectivity index (χ1v) is 10.6. The predicted molar refractivity (Wildman–Crippen MR) is 136 cm³/mol. The summed E-state index contributed by atoms with van der Waals surface area (Å²) in [6.07, 6.45) is 3.55. The highest BCUT2D eigenvalue weighted by atomic mass is 127. The maximum atomic E-state index is 12.3. The Balaban J connectivity index is 0.00000480. The molecule has 1 aliphatic rings. The molecule has 1 atom stereocenters. The van der Waals surface area contributed by atoms with E-state index in [1.54, 1.807) is 13.1 Å². The van der Waals surface area contributed by atoms with Crippen LogP contribution in [-0.2, 0) is 11.3 Å². The standard InChI is InChI=1S/C23H36N4O3.HI/c1-6-14-29-20-12-8-7-11-19(20)16-26-21(24-5)25-15-18-10-9-13-27(17-18)22(28)30-23(2,3)4;/h6-8,11-12,18H,1,9-10,13-17H2,2-5H3,(H2,24,25,26);1H. The van der Waals surface area contributed by atoms with Crippen molar-refractivity contribution in [1.82, 2.24) is 15.5 Å². The Hall–Kier alpha value is -1.97. The van der Waals surface area contributed by atoms with E-state index in [1.165, 1.54) is 0 Å². The Bertz CT molecular complexity index is 734. The third-order valence-corrected chi connectivity index (χ3v) is 4.73. The molecule has 0 bridgehead atoms. The molecule has 0 aromatic heterocycles. The van der Waals surface area contributed by atoms with Crippen LogP contribution in [0.2, 0.25) is 0 Å². The molecule has 1 aliphatic heterocycles. The molecule has 2 rings (SSSR count). The van der Waals surface area contributed by atoms with Crippen molar-refractivity contribution in [2.24, 2.45) is 10.9 Å². The van der Waals surface area contributed by atoms with Crippen LogP contribution in [0.4, 0.5) is 4.79 Å². The maximum absolute atomic E-state index is 12.3. The van der Waals surface area contributed by atoms with Crippen LogP contribution in [0.5, 0.6) is 5.75 Å². The lowest BCUT2D eigenvalue weighted by atomic mass is 9.98. The number of carbonyl (C=O) groups excluding carboxylic acids is 1. The zero-order valence-corrected chi connectivity index (χ0v) is 21.5. The van der Waals surface area contributed by atoms with Crippen molar-refractivity contribution in [3.05, 3.63) is 42.5 Å². The Kier molecular flexibility index (Phi) is 11.7. The number of halogens is 1. The molecule has 1 aromatic rings. The average molecular weight is 544 g/mol. The number of nitrogens with zero attached hydrogens (tertiary/aromatic N) is 2. The minimum atomic E-state index is -0.472. The Labute approximate surface area is 203 Å². The molecule has 0 saturated carbocycles. The van der Waals surface area contributed by atoms with E-state index in [-0.39, 0.29) is 30.1 Å². The van der Waals surface area contributed by atoms with Crippen molar-refractivity contribution >= 4 is 36.0 Å². The van der Waals surface area contributed by atoms with Gasteiger partial charge in [0, 0.05) is 38.8 Å². The quantitative estimate of drug-likeness (QED) is 0.233. The van der Waals surface area contributed by atoms with Gasteiger partial charge in [-0.15, -0.1) is 24.0 Å². The highest BCUT2D eigenvalue weighted by molar-refractivity contribution is 14.0. The van der Waals surface area contributed by atoms with E-state index in [2.05, 4.69) is 22.2 Å². The second-order valence-electron chi connectivity index (χ2n) is 8.45. The van der Waals surface area contributed by atoms with Crippen LogP contribution in [0.1, 0.15) is 39.2 Å². The van der Waals surface area contributed by atoms with E-state index in [9.17, 15) is 4.79 Å². The maximum Gasteiger partial charge on any atom is 0.410 e. The Morgan fingerprint density at radius 3 is 2.74 bits per heavy atom. The SMILES string of the molecule is C=CCOc1ccccc1CNC(=NC)NCC1CCCN(C(=O)OC(C)(C)C)C1.I. The largest absolute Gasteiger partial charge is 0.489 e. The molecule has 1 fully saturated rings. The van der Waals surface area contributed by atoms with Gasteiger partial charge in [0.05, 0.1) is 0 Å². The van der Waals surface area contributed by atoms with Gasteiger partial charge >= 0.3 is 6.09 Å². The van der Waals surface area contributed by atoms with E-state index >= 15 is 0 Å². The zero-order valence-electron chi connectivity index (χ0n) is 19.1. The lowest BCUT2D eigenvalue weighted by Gasteiger charge is -2.34. The fourth-order valence-corrected chi connectivity index (χ4v) is 3.30. The molecule has 0 radical (unpaired) electrons. The van der Waals surface area contributed by atoms with Crippen LogP contribution in [0.15, 0.2) is 41.9 Å². The number of guanidine groups is 1. The van der Waals surface area contributed by atoms with E-state index in [0.29, 0.717) is 25.6 Å². The fourth-order valence-electron chi connectivity index (χ4n) is 3.30. The molecule has 1 unspecified atom stereocenters. The normalized spacial score (nSPS) is 16.7. The number of amides is 1. The summed E-state index contributed by atoms with van der Waals surface area (Å²) >= 11 is 0. The minimum Gasteiger partial charge on any atom is -0.489 e. The molecule has 8 heteroatoms. The van der Waals surface area contributed by atoms with Gasteiger partial charge in [0.1, 0.15) is 18.0 Å². The van der Waals surface area contributed by atoms with Gasteiger partial charge in [0.15, 0.2) is 5.96 Å². The highest BCUT2D eigenvalue weighted by Crippen LogP contribution is 2.19. The molecule has 0 aliphatic carbocycles. The van der Waals surface area contributed by atoms with Crippen LogP contribution >= 0.6 is 24.0 Å². The summed E-state index contributed by atoms with van der Waals surface area (Å²) in [5, 5.41) is 6.72. The lowest BCUT2D eigenvalue weighted by Crippen LogP contribution is -2.47. The van der Waals surface area contributed by atoms with Gasteiger partial charge in [-0.25, -0.2) is 4.79 Å². The van der Waals surface area contributed by atoms with E-state index in [4.69, 9.17) is 9.47 Å². The number of aliphatic imine (C=N–C) groups is 1. The number of nitrogens with one attached hydrogen (secondary N) is 2. The highest BCUT2D eigenvalue weighted by Gasteiger charge is 2.27. The number of carbonyl (C=O) groups is 1. The van der Waals surface area contributed by atoms with Crippen LogP contribution in [0.3, 0.4) is 0 Å². The van der Waals surface area contributed by atoms with Crippen LogP contribution in [0.25, 0.3) is 0 Å². The molecule has 1 amide bonds. The molecule has 1 saturated heterocycles. The van der Waals surface area contributed by atoms with E-state index in [0.717, 1.165) is 43.2 Å². The third-order valence-electron chi connectivity index (χ3n) is 4.73. The number of hydrogen-bond donors (Lipinski definition) is 2. The molecule has 174 valence electrons. The molecule has 1 aromatic carbocycles. The van der Waals surface area contributed by atoms with Crippen LogP contribution in [0, 0.1) is 5.92 Å². The van der Waals surface area contributed by atoms with Crippen molar-refractivity contribution in [1.29, 1.82) is 0 Å². The number of para-hydroxylation sites is 1. The van der Waals surface area contributed by atoms with Crippen molar-refractivity contribution < 1.29 is 14.3 Å². The molecule has 0 spiro atoms.